The number of carbonyl (C=O) groups excluding carboxylic acids is 1. The van der Waals surface area contributed by atoms with Gasteiger partial charge >= 0.3 is 6.18 Å². The van der Waals surface area contributed by atoms with Gasteiger partial charge in [-0.1, -0.05) is 11.6 Å². The Balaban J connectivity index is 2.21. The summed E-state index contributed by atoms with van der Waals surface area (Å²) in [6.45, 7) is -1.28. The topological polar surface area (TPSA) is 56.6 Å². The molecule has 0 aliphatic rings. The first kappa shape index (κ1) is 19.9. The summed E-state index contributed by atoms with van der Waals surface area (Å²) in [5.41, 5.74) is 0.212. The Morgan fingerprint density at radius 3 is 2.58 bits per heavy atom. The van der Waals surface area contributed by atoms with Crippen molar-refractivity contribution in [3.8, 4) is 11.5 Å². The minimum atomic E-state index is -4.38. The first-order chi connectivity index (χ1) is 12.2. The van der Waals surface area contributed by atoms with Crippen molar-refractivity contribution in [3.63, 3.8) is 0 Å². The molecule has 2 aromatic rings. The van der Waals surface area contributed by atoms with Crippen molar-refractivity contribution in [1.82, 2.24) is 14.5 Å². The van der Waals surface area contributed by atoms with Gasteiger partial charge in [-0.25, -0.2) is 4.98 Å². The molecule has 10 heteroatoms. The highest BCUT2D eigenvalue weighted by Crippen LogP contribution is 2.36. The van der Waals surface area contributed by atoms with Crippen LogP contribution in [0.4, 0.5) is 13.2 Å². The lowest BCUT2D eigenvalue weighted by molar-refractivity contribution is -0.141. The number of nitrogens with zero attached hydrogens (tertiary/aromatic N) is 3. The quantitative estimate of drug-likeness (QED) is 0.757. The number of alkyl halides is 3. The lowest BCUT2D eigenvalue weighted by Gasteiger charge is -2.19. The zero-order valence-electron chi connectivity index (χ0n) is 14.3. The Morgan fingerprint density at radius 1 is 1.31 bits per heavy atom. The van der Waals surface area contributed by atoms with Crippen LogP contribution in [0.2, 0.25) is 5.02 Å². The first-order valence-electron chi connectivity index (χ1n) is 7.40. The van der Waals surface area contributed by atoms with Gasteiger partial charge < -0.3 is 18.9 Å². The van der Waals surface area contributed by atoms with Crippen LogP contribution in [-0.2, 0) is 13.1 Å². The summed E-state index contributed by atoms with van der Waals surface area (Å²) in [6, 6.07) is 2.86. The summed E-state index contributed by atoms with van der Waals surface area (Å²) >= 11 is 6.09. The molecule has 0 N–H and O–H groups in total. The lowest BCUT2D eigenvalue weighted by atomic mass is 10.1. The van der Waals surface area contributed by atoms with E-state index in [9.17, 15) is 18.0 Å². The fourth-order valence-electron chi connectivity index (χ4n) is 2.37. The molecule has 1 heterocycles. The molecular weight excluding hydrogens is 375 g/mol. The molecule has 0 bridgehead atoms. The van der Waals surface area contributed by atoms with Gasteiger partial charge in [0.1, 0.15) is 12.4 Å². The molecule has 142 valence electrons. The van der Waals surface area contributed by atoms with E-state index in [0.717, 1.165) is 4.57 Å². The summed E-state index contributed by atoms with van der Waals surface area (Å²) in [4.78, 5) is 17.7. The Morgan fingerprint density at radius 2 is 2.00 bits per heavy atom. The van der Waals surface area contributed by atoms with Gasteiger partial charge in [0.15, 0.2) is 11.5 Å². The number of rotatable bonds is 6. The number of imidazole rings is 1. The van der Waals surface area contributed by atoms with Crippen LogP contribution in [0.5, 0.6) is 11.5 Å². The third kappa shape index (κ3) is 4.60. The third-order valence-corrected chi connectivity index (χ3v) is 3.84. The van der Waals surface area contributed by atoms with E-state index in [2.05, 4.69) is 4.98 Å². The van der Waals surface area contributed by atoms with Crippen molar-refractivity contribution in [1.29, 1.82) is 0 Å². The molecular formula is C16H17ClF3N3O3. The second kappa shape index (κ2) is 7.86. The van der Waals surface area contributed by atoms with Crippen LogP contribution in [-0.4, -0.2) is 47.8 Å². The van der Waals surface area contributed by atoms with Gasteiger partial charge in [0, 0.05) is 25.0 Å². The monoisotopic (exact) mass is 391 g/mol. The van der Waals surface area contributed by atoms with Crippen LogP contribution in [0.15, 0.2) is 24.5 Å². The van der Waals surface area contributed by atoms with Crippen LogP contribution >= 0.6 is 11.6 Å². The first-order valence-corrected chi connectivity index (χ1v) is 7.77. The summed E-state index contributed by atoms with van der Waals surface area (Å²) in [5.74, 6) is 0.226. The summed E-state index contributed by atoms with van der Waals surface area (Å²) < 4.78 is 49.0. The summed E-state index contributed by atoms with van der Waals surface area (Å²) in [6.07, 6.45) is -1.91. The predicted octanol–water partition coefficient (Wildman–Crippen LogP) is 3.39. The van der Waals surface area contributed by atoms with Crippen LogP contribution in [0.25, 0.3) is 0 Å². The number of carbonyl (C=O) groups is 1. The van der Waals surface area contributed by atoms with Gasteiger partial charge in [-0.15, -0.1) is 0 Å². The molecule has 0 saturated carbocycles. The maximum atomic E-state index is 12.6. The molecule has 2 rings (SSSR count). The summed E-state index contributed by atoms with van der Waals surface area (Å²) in [5, 5.41) is 0.183. The van der Waals surface area contributed by atoms with Crippen molar-refractivity contribution in [2.75, 3.05) is 21.3 Å². The zero-order valence-corrected chi connectivity index (χ0v) is 15.1. The van der Waals surface area contributed by atoms with Gasteiger partial charge in [-0.2, -0.15) is 13.2 Å². The Labute approximate surface area is 153 Å². The van der Waals surface area contributed by atoms with Crippen molar-refractivity contribution in [2.45, 2.75) is 19.3 Å². The van der Waals surface area contributed by atoms with Crippen LogP contribution in [0, 0.1) is 0 Å². The zero-order chi connectivity index (χ0) is 19.5. The van der Waals surface area contributed by atoms with Crippen LogP contribution in [0.3, 0.4) is 0 Å². The highest BCUT2D eigenvalue weighted by Gasteiger charge is 2.29. The molecule has 6 nitrogen and oxygen atoms in total. The molecule has 1 aromatic carbocycles. The van der Waals surface area contributed by atoms with Gasteiger partial charge in [0.25, 0.3) is 5.91 Å². The molecule has 0 aliphatic carbocycles. The minimum absolute atomic E-state index is 0.103. The normalized spacial score (nSPS) is 11.3. The van der Waals surface area contributed by atoms with E-state index >= 15 is 0 Å². The Kier molecular flexibility index (Phi) is 6.01. The second-order valence-corrected chi connectivity index (χ2v) is 5.85. The minimum Gasteiger partial charge on any atom is -0.493 e. The smallest absolute Gasteiger partial charge is 0.406 e. The average molecular weight is 392 g/mol. The number of hydrogen-bond donors (Lipinski definition) is 0. The highest BCUT2D eigenvalue weighted by atomic mass is 35.5. The molecule has 0 spiro atoms. The molecule has 0 radical (unpaired) electrons. The molecule has 0 aliphatic heterocycles. The molecule has 1 amide bonds. The van der Waals surface area contributed by atoms with E-state index in [0.29, 0.717) is 0 Å². The van der Waals surface area contributed by atoms with Gasteiger partial charge in [-0.3, -0.25) is 4.79 Å². The Hall–Kier alpha value is -2.42. The number of hydrogen-bond acceptors (Lipinski definition) is 4. The van der Waals surface area contributed by atoms with Gasteiger partial charge in [-0.05, 0) is 12.1 Å². The van der Waals surface area contributed by atoms with Crippen molar-refractivity contribution < 1.29 is 27.4 Å². The highest BCUT2D eigenvalue weighted by molar-refractivity contribution is 6.32. The number of benzene rings is 1. The Bertz CT molecular complexity index is 793. The van der Waals surface area contributed by atoms with E-state index in [1.54, 1.807) is 0 Å². The second-order valence-electron chi connectivity index (χ2n) is 5.44. The van der Waals surface area contributed by atoms with Crippen LogP contribution in [0.1, 0.15) is 16.2 Å². The fourth-order valence-corrected chi connectivity index (χ4v) is 2.66. The largest absolute Gasteiger partial charge is 0.493 e. The van der Waals surface area contributed by atoms with E-state index < -0.39 is 18.6 Å². The van der Waals surface area contributed by atoms with E-state index in [4.69, 9.17) is 21.1 Å². The van der Waals surface area contributed by atoms with Crippen molar-refractivity contribution >= 4 is 17.5 Å². The molecule has 0 atom stereocenters. The fraction of sp³-hybridized carbons (Fsp3) is 0.375. The number of ether oxygens (including phenoxy) is 2. The molecule has 26 heavy (non-hydrogen) atoms. The number of aromatic nitrogens is 2. The SMILES string of the molecule is COc1cc(C(=O)N(C)Cc2nccn2CC(F)(F)F)cc(Cl)c1OC. The molecule has 0 unspecified atom stereocenters. The van der Waals surface area contributed by atoms with E-state index in [1.165, 1.54) is 50.7 Å². The number of halogens is 4. The predicted molar refractivity (Wildman–Crippen MR) is 88.6 cm³/mol. The van der Waals surface area contributed by atoms with Gasteiger partial charge in [0.2, 0.25) is 0 Å². The molecule has 0 fully saturated rings. The van der Waals surface area contributed by atoms with Crippen molar-refractivity contribution in [2.24, 2.45) is 0 Å². The maximum absolute atomic E-state index is 12.6. The lowest BCUT2D eigenvalue weighted by Crippen LogP contribution is -2.29. The standard InChI is InChI=1S/C16H17ClF3N3O3/c1-22(8-13-21-4-5-23(13)9-16(18,19)20)15(24)10-6-11(17)14(26-3)12(7-10)25-2/h4-7H,8-9H2,1-3H3. The molecule has 0 saturated heterocycles. The van der Waals surface area contributed by atoms with E-state index in [-0.39, 0.29) is 34.5 Å². The third-order valence-electron chi connectivity index (χ3n) is 3.56. The summed E-state index contributed by atoms with van der Waals surface area (Å²) in [7, 11) is 4.28. The van der Waals surface area contributed by atoms with Crippen molar-refractivity contribution in [3.05, 3.63) is 40.9 Å². The number of amides is 1. The molecule has 1 aromatic heterocycles. The average Bonchev–Trinajstić information content (AvgIpc) is 2.97. The number of methoxy groups -OCH3 is 2. The van der Waals surface area contributed by atoms with Crippen LogP contribution < -0.4 is 9.47 Å². The maximum Gasteiger partial charge on any atom is 0.406 e. The van der Waals surface area contributed by atoms with E-state index in [1.807, 2.05) is 0 Å². The van der Waals surface area contributed by atoms with Gasteiger partial charge in [0.05, 0.1) is 25.8 Å².